The fourth-order valence-electron chi connectivity index (χ4n) is 3.29. The molecule has 0 N–H and O–H groups in total. The molecule has 1 aliphatic rings. The highest BCUT2D eigenvalue weighted by atomic mass is 16.5. The molecule has 1 fully saturated rings. The molecule has 4 rings (SSSR count). The Morgan fingerprint density at radius 2 is 2.26 bits per heavy atom. The summed E-state index contributed by atoms with van der Waals surface area (Å²) in [5.74, 6) is 0.919. The van der Waals surface area contributed by atoms with Gasteiger partial charge in [-0.15, -0.1) is 5.10 Å². The number of aryl methyl sites for hydroxylation is 1. The molecule has 4 heterocycles. The number of hydrogen-bond acceptors (Lipinski definition) is 5. The number of hydrogen-bond donors (Lipinski definition) is 0. The summed E-state index contributed by atoms with van der Waals surface area (Å²) in [6, 6.07) is 7.82. The molecule has 1 saturated heterocycles. The van der Waals surface area contributed by atoms with Gasteiger partial charge in [0.2, 0.25) is 0 Å². The summed E-state index contributed by atoms with van der Waals surface area (Å²) in [4.78, 5) is 14.6. The van der Waals surface area contributed by atoms with Crippen LogP contribution in [0.25, 0.3) is 5.65 Å². The molecule has 120 valence electrons. The molecule has 1 aliphatic heterocycles. The smallest absolute Gasteiger partial charge is 0.350 e. The van der Waals surface area contributed by atoms with Crippen molar-refractivity contribution in [1.82, 2.24) is 24.2 Å². The topological polar surface area (TPSA) is 68.6 Å². The Morgan fingerprint density at radius 1 is 1.35 bits per heavy atom. The number of likely N-dealkylation sites (tertiary alicyclic amines) is 1. The van der Waals surface area contributed by atoms with Crippen molar-refractivity contribution in [1.29, 1.82) is 0 Å². The van der Waals surface area contributed by atoms with Crippen molar-refractivity contribution in [2.75, 3.05) is 13.1 Å². The fourth-order valence-corrected chi connectivity index (χ4v) is 3.29. The van der Waals surface area contributed by atoms with Crippen molar-refractivity contribution in [3.8, 4) is 0 Å². The van der Waals surface area contributed by atoms with Crippen LogP contribution in [0.5, 0.6) is 0 Å². The molecule has 0 spiro atoms. The largest absolute Gasteiger partial charge is 0.359 e. The summed E-state index contributed by atoms with van der Waals surface area (Å²) in [5.41, 5.74) is 1.50. The first-order valence-electron chi connectivity index (χ1n) is 7.94. The first-order chi connectivity index (χ1) is 11.2. The molecule has 23 heavy (non-hydrogen) atoms. The molecule has 0 radical (unpaired) electrons. The molecule has 0 aromatic carbocycles. The van der Waals surface area contributed by atoms with Crippen molar-refractivity contribution >= 4 is 5.65 Å². The van der Waals surface area contributed by atoms with E-state index in [9.17, 15) is 4.79 Å². The van der Waals surface area contributed by atoms with Gasteiger partial charge in [-0.3, -0.25) is 9.30 Å². The second kappa shape index (κ2) is 5.66. The summed E-state index contributed by atoms with van der Waals surface area (Å²) in [6.07, 6.45) is 3.94. The van der Waals surface area contributed by atoms with E-state index in [1.807, 2.05) is 31.2 Å². The maximum Gasteiger partial charge on any atom is 0.350 e. The van der Waals surface area contributed by atoms with Gasteiger partial charge in [0.05, 0.1) is 18.3 Å². The maximum atomic E-state index is 12.3. The van der Waals surface area contributed by atoms with Crippen molar-refractivity contribution in [2.24, 2.45) is 0 Å². The first-order valence-corrected chi connectivity index (χ1v) is 7.94. The van der Waals surface area contributed by atoms with E-state index in [0.717, 1.165) is 37.4 Å². The minimum Gasteiger partial charge on any atom is -0.359 e. The van der Waals surface area contributed by atoms with E-state index < -0.39 is 0 Å². The van der Waals surface area contributed by atoms with Gasteiger partial charge in [0, 0.05) is 18.8 Å². The van der Waals surface area contributed by atoms with Gasteiger partial charge < -0.3 is 4.52 Å². The molecule has 0 saturated carbocycles. The predicted octanol–water partition coefficient (Wildman–Crippen LogP) is 1.63. The van der Waals surface area contributed by atoms with Crippen LogP contribution in [0.3, 0.4) is 0 Å². The van der Waals surface area contributed by atoms with Gasteiger partial charge in [-0.25, -0.2) is 9.48 Å². The second-order valence-electron chi connectivity index (χ2n) is 6.00. The maximum absolute atomic E-state index is 12.3. The molecule has 0 amide bonds. The third-order valence-electron chi connectivity index (χ3n) is 4.43. The van der Waals surface area contributed by atoms with Crippen LogP contribution in [-0.2, 0) is 6.54 Å². The van der Waals surface area contributed by atoms with Crippen molar-refractivity contribution in [3.63, 3.8) is 0 Å². The standard InChI is InChI=1S/C16H19N5O2/c1-12-11-14(23-18-12)13-5-4-7-19(13)9-10-21-16(22)20-8-3-2-6-15(20)17-21/h2-3,6,8,11,13H,4-5,7,9-10H2,1H3/t13-/m0/s1. The normalized spacial score (nSPS) is 18.9. The van der Waals surface area contributed by atoms with Crippen LogP contribution in [0.15, 0.2) is 39.8 Å². The number of aromatic nitrogens is 4. The Morgan fingerprint density at radius 3 is 3.04 bits per heavy atom. The zero-order valence-electron chi connectivity index (χ0n) is 13.1. The molecule has 0 aliphatic carbocycles. The van der Waals surface area contributed by atoms with Gasteiger partial charge >= 0.3 is 5.69 Å². The number of pyridine rings is 1. The van der Waals surface area contributed by atoms with Gasteiger partial charge in [0.15, 0.2) is 11.4 Å². The molecular formula is C16H19N5O2. The average Bonchev–Trinajstić information content (AvgIpc) is 3.25. The van der Waals surface area contributed by atoms with Gasteiger partial charge in [0.25, 0.3) is 0 Å². The SMILES string of the molecule is Cc1cc([C@@H]2CCCN2CCn2nc3ccccn3c2=O)on1. The minimum atomic E-state index is -0.0909. The van der Waals surface area contributed by atoms with Crippen molar-refractivity contribution < 1.29 is 4.52 Å². The third-order valence-corrected chi connectivity index (χ3v) is 4.43. The van der Waals surface area contributed by atoms with Gasteiger partial charge in [0.1, 0.15) is 0 Å². The van der Waals surface area contributed by atoms with Crippen LogP contribution >= 0.6 is 0 Å². The summed E-state index contributed by atoms with van der Waals surface area (Å²) < 4.78 is 8.53. The summed E-state index contributed by atoms with van der Waals surface area (Å²) in [7, 11) is 0. The van der Waals surface area contributed by atoms with Crippen LogP contribution < -0.4 is 5.69 Å². The Hall–Kier alpha value is -2.41. The lowest BCUT2D eigenvalue weighted by atomic mass is 10.1. The Kier molecular flexibility index (Phi) is 3.49. The third kappa shape index (κ3) is 2.57. The first kappa shape index (κ1) is 14.2. The van der Waals surface area contributed by atoms with E-state index in [1.165, 1.54) is 4.68 Å². The average molecular weight is 313 g/mol. The van der Waals surface area contributed by atoms with Crippen molar-refractivity contribution in [3.05, 3.63) is 52.4 Å². The highest BCUT2D eigenvalue weighted by Gasteiger charge is 2.28. The number of rotatable bonds is 4. The molecule has 0 bridgehead atoms. The van der Waals surface area contributed by atoms with E-state index in [-0.39, 0.29) is 11.7 Å². The monoisotopic (exact) mass is 313 g/mol. The molecule has 3 aromatic rings. The van der Waals surface area contributed by atoms with Crippen LogP contribution in [0.1, 0.15) is 30.3 Å². The highest BCUT2D eigenvalue weighted by molar-refractivity contribution is 5.35. The van der Waals surface area contributed by atoms with Gasteiger partial charge in [-0.05, 0) is 38.4 Å². The van der Waals surface area contributed by atoms with Crippen LogP contribution in [-0.4, -0.2) is 37.3 Å². The minimum absolute atomic E-state index is 0.0909. The quantitative estimate of drug-likeness (QED) is 0.732. The Bertz CT molecular complexity index is 878. The molecule has 7 nitrogen and oxygen atoms in total. The molecular weight excluding hydrogens is 294 g/mol. The van der Waals surface area contributed by atoms with E-state index in [4.69, 9.17) is 4.52 Å². The summed E-state index contributed by atoms with van der Waals surface area (Å²) in [6.45, 7) is 4.29. The molecule has 0 unspecified atom stereocenters. The fraction of sp³-hybridized carbons (Fsp3) is 0.438. The lowest BCUT2D eigenvalue weighted by molar-refractivity contribution is 0.204. The predicted molar refractivity (Wildman–Crippen MR) is 84.2 cm³/mol. The second-order valence-corrected chi connectivity index (χ2v) is 6.00. The van der Waals surface area contributed by atoms with E-state index in [1.54, 1.807) is 10.6 Å². The number of nitrogens with zero attached hydrogens (tertiary/aromatic N) is 5. The van der Waals surface area contributed by atoms with Crippen LogP contribution in [0.2, 0.25) is 0 Å². The zero-order chi connectivity index (χ0) is 15.8. The van der Waals surface area contributed by atoms with E-state index in [0.29, 0.717) is 12.2 Å². The molecule has 7 heteroatoms. The summed E-state index contributed by atoms with van der Waals surface area (Å²) in [5, 5.41) is 8.36. The zero-order valence-corrected chi connectivity index (χ0v) is 13.1. The van der Waals surface area contributed by atoms with Crippen molar-refractivity contribution in [2.45, 2.75) is 32.4 Å². The Balaban J connectivity index is 1.51. The number of fused-ring (bicyclic) bond motifs is 1. The Labute approximate surface area is 133 Å². The van der Waals surface area contributed by atoms with E-state index >= 15 is 0 Å². The van der Waals surface area contributed by atoms with Crippen LogP contribution in [0, 0.1) is 6.92 Å². The van der Waals surface area contributed by atoms with Gasteiger partial charge in [-0.2, -0.15) is 0 Å². The lowest BCUT2D eigenvalue weighted by Gasteiger charge is -2.21. The molecule has 1 atom stereocenters. The lowest BCUT2D eigenvalue weighted by Crippen LogP contribution is -2.31. The van der Waals surface area contributed by atoms with Gasteiger partial charge in [-0.1, -0.05) is 11.2 Å². The molecule has 3 aromatic heterocycles. The highest BCUT2D eigenvalue weighted by Crippen LogP contribution is 2.31. The summed E-state index contributed by atoms with van der Waals surface area (Å²) >= 11 is 0. The van der Waals surface area contributed by atoms with E-state index in [2.05, 4.69) is 15.2 Å². The van der Waals surface area contributed by atoms with Crippen LogP contribution in [0.4, 0.5) is 0 Å².